The van der Waals surface area contributed by atoms with Gasteiger partial charge in [-0.05, 0) is 31.7 Å². The summed E-state index contributed by atoms with van der Waals surface area (Å²) in [6, 6.07) is 11.2. The van der Waals surface area contributed by atoms with Gasteiger partial charge in [-0.25, -0.2) is 0 Å². The summed E-state index contributed by atoms with van der Waals surface area (Å²) < 4.78 is 5.68. The summed E-state index contributed by atoms with van der Waals surface area (Å²) in [5.74, 6) is 0.0275. The molecule has 1 amide bonds. The lowest BCUT2D eigenvalue weighted by atomic mass is 10.1. The van der Waals surface area contributed by atoms with E-state index in [1.54, 1.807) is 0 Å². The molecule has 0 radical (unpaired) electrons. The van der Waals surface area contributed by atoms with Crippen LogP contribution >= 0.6 is 0 Å². The van der Waals surface area contributed by atoms with Crippen LogP contribution in [-0.2, 0) is 16.1 Å². The normalized spacial score (nSPS) is 31.4. The third-order valence-corrected chi connectivity index (χ3v) is 4.94. The summed E-state index contributed by atoms with van der Waals surface area (Å²) in [5, 5.41) is 3.17. The lowest BCUT2D eigenvalue weighted by molar-refractivity contribution is -0.132. The molecule has 3 rings (SSSR count). The average molecular weight is 317 g/mol. The standard InChI is InChI=1S/C18H27N3O2/c1-13-9-15(12-21(13)11-14-5-3-2-4-6-14)20-18(22)17-8-7-16(10-19)23-17/h2-6,13,15-17H,7-12,19H2,1H3,(H,20,22)/t13?,15?,16-,17+/m1/s1. The van der Waals surface area contributed by atoms with E-state index in [0.717, 1.165) is 32.4 Å². The van der Waals surface area contributed by atoms with Gasteiger partial charge in [-0.2, -0.15) is 0 Å². The number of ether oxygens (including phenoxy) is 1. The van der Waals surface area contributed by atoms with Gasteiger partial charge in [-0.1, -0.05) is 30.3 Å². The van der Waals surface area contributed by atoms with E-state index in [2.05, 4.69) is 41.4 Å². The van der Waals surface area contributed by atoms with Gasteiger partial charge in [-0.15, -0.1) is 0 Å². The quantitative estimate of drug-likeness (QED) is 0.858. The zero-order valence-electron chi connectivity index (χ0n) is 13.8. The number of amides is 1. The molecule has 2 fully saturated rings. The van der Waals surface area contributed by atoms with Gasteiger partial charge in [0.2, 0.25) is 5.91 Å². The van der Waals surface area contributed by atoms with Crippen molar-refractivity contribution in [3.05, 3.63) is 35.9 Å². The van der Waals surface area contributed by atoms with Crippen LogP contribution in [0.4, 0.5) is 0 Å². The zero-order chi connectivity index (χ0) is 16.2. The van der Waals surface area contributed by atoms with Crippen LogP contribution in [0.1, 0.15) is 31.7 Å². The van der Waals surface area contributed by atoms with Crippen LogP contribution in [0.2, 0.25) is 0 Å². The largest absolute Gasteiger partial charge is 0.364 e. The van der Waals surface area contributed by atoms with E-state index in [1.807, 2.05) is 6.07 Å². The summed E-state index contributed by atoms with van der Waals surface area (Å²) in [6.45, 7) is 4.55. The molecule has 4 atom stereocenters. The van der Waals surface area contributed by atoms with E-state index < -0.39 is 0 Å². The van der Waals surface area contributed by atoms with E-state index in [1.165, 1.54) is 5.56 Å². The molecule has 5 nitrogen and oxygen atoms in total. The molecule has 1 aromatic rings. The minimum Gasteiger partial charge on any atom is -0.364 e. The third-order valence-electron chi connectivity index (χ3n) is 4.94. The van der Waals surface area contributed by atoms with Gasteiger partial charge >= 0.3 is 0 Å². The number of rotatable bonds is 5. The summed E-state index contributed by atoms with van der Waals surface area (Å²) >= 11 is 0. The highest BCUT2D eigenvalue weighted by Gasteiger charge is 2.34. The first-order chi connectivity index (χ1) is 11.2. The lowest BCUT2D eigenvalue weighted by Crippen LogP contribution is -2.43. The van der Waals surface area contributed by atoms with E-state index >= 15 is 0 Å². The topological polar surface area (TPSA) is 67.6 Å². The van der Waals surface area contributed by atoms with E-state index in [-0.39, 0.29) is 24.2 Å². The second-order valence-electron chi connectivity index (χ2n) is 6.77. The molecule has 2 heterocycles. The molecule has 2 aliphatic rings. The Morgan fingerprint density at radius 3 is 2.83 bits per heavy atom. The van der Waals surface area contributed by atoms with Crippen LogP contribution in [0.15, 0.2) is 30.3 Å². The summed E-state index contributed by atoms with van der Waals surface area (Å²) in [4.78, 5) is 14.8. The van der Waals surface area contributed by atoms with Crippen LogP contribution in [0.5, 0.6) is 0 Å². The first-order valence-electron chi connectivity index (χ1n) is 8.59. The molecule has 2 aliphatic heterocycles. The van der Waals surface area contributed by atoms with Crippen LogP contribution in [0, 0.1) is 0 Å². The number of nitrogens with one attached hydrogen (secondary N) is 1. The molecule has 2 saturated heterocycles. The minimum absolute atomic E-state index is 0.0275. The molecule has 0 aromatic heterocycles. The maximum Gasteiger partial charge on any atom is 0.249 e. The Kier molecular flexibility index (Phi) is 5.30. The van der Waals surface area contributed by atoms with Gasteiger partial charge in [0.05, 0.1) is 6.10 Å². The Morgan fingerprint density at radius 2 is 2.13 bits per heavy atom. The fourth-order valence-electron chi connectivity index (χ4n) is 3.61. The number of nitrogens with zero attached hydrogens (tertiary/aromatic N) is 1. The number of carbonyl (C=O) groups excluding carboxylic acids is 1. The minimum atomic E-state index is -0.318. The summed E-state index contributed by atoms with van der Waals surface area (Å²) in [6.07, 6.45) is 2.38. The fraction of sp³-hybridized carbons (Fsp3) is 0.611. The smallest absolute Gasteiger partial charge is 0.249 e. The van der Waals surface area contributed by atoms with Gasteiger partial charge in [0.25, 0.3) is 0 Å². The van der Waals surface area contributed by atoms with Crippen LogP contribution < -0.4 is 11.1 Å². The number of carbonyl (C=O) groups is 1. The van der Waals surface area contributed by atoms with Crippen molar-refractivity contribution in [2.24, 2.45) is 5.73 Å². The Morgan fingerprint density at radius 1 is 1.35 bits per heavy atom. The first kappa shape index (κ1) is 16.4. The van der Waals surface area contributed by atoms with Crippen molar-refractivity contribution < 1.29 is 9.53 Å². The highest BCUT2D eigenvalue weighted by molar-refractivity contribution is 5.81. The zero-order valence-corrected chi connectivity index (χ0v) is 13.8. The van der Waals surface area contributed by atoms with Crippen molar-refractivity contribution in [3.63, 3.8) is 0 Å². The van der Waals surface area contributed by atoms with Gasteiger partial charge < -0.3 is 15.8 Å². The molecule has 1 aromatic carbocycles. The van der Waals surface area contributed by atoms with Gasteiger partial charge in [0.15, 0.2) is 0 Å². The lowest BCUT2D eigenvalue weighted by Gasteiger charge is -2.21. The van der Waals surface area contributed by atoms with Crippen molar-refractivity contribution in [3.8, 4) is 0 Å². The molecule has 126 valence electrons. The van der Waals surface area contributed by atoms with Crippen molar-refractivity contribution in [1.82, 2.24) is 10.2 Å². The van der Waals surface area contributed by atoms with E-state index in [0.29, 0.717) is 12.6 Å². The van der Waals surface area contributed by atoms with Crippen LogP contribution in [-0.4, -0.2) is 48.2 Å². The Hall–Kier alpha value is -1.43. The van der Waals surface area contributed by atoms with Gasteiger partial charge in [-0.3, -0.25) is 9.69 Å². The van der Waals surface area contributed by atoms with E-state index in [9.17, 15) is 4.79 Å². The Bertz CT molecular complexity index is 522. The highest BCUT2D eigenvalue weighted by Crippen LogP contribution is 2.22. The predicted molar refractivity (Wildman–Crippen MR) is 89.8 cm³/mol. The van der Waals surface area contributed by atoms with Crippen LogP contribution in [0.3, 0.4) is 0 Å². The number of hydrogen-bond acceptors (Lipinski definition) is 4. The third kappa shape index (κ3) is 4.10. The van der Waals surface area contributed by atoms with Crippen molar-refractivity contribution >= 4 is 5.91 Å². The second-order valence-corrected chi connectivity index (χ2v) is 6.77. The molecular formula is C18H27N3O2. The number of likely N-dealkylation sites (tertiary alicyclic amines) is 1. The second kappa shape index (κ2) is 7.43. The molecule has 0 spiro atoms. The molecule has 3 N–H and O–H groups in total. The molecule has 5 heteroatoms. The van der Waals surface area contributed by atoms with Crippen molar-refractivity contribution in [1.29, 1.82) is 0 Å². The average Bonchev–Trinajstić information content (AvgIpc) is 3.16. The van der Waals surface area contributed by atoms with Crippen molar-refractivity contribution in [2.45, 2.75) is 57.0 Å². The SMILES string of the molecule is CC1CC(NC(=O)[C@@H]2CC[C@H](CN)O2)CN1Cc1ccccc1. The number of nitrogens with two attached hydrogens (primary N) is 1. The predicted octanol–water partition coefficient (Wildman–Crippen LogP) is 1.27. The van der Waals surface area contributed by atoms with E-state index in [4.69, 9.17) is 10.5 Å². The Labute approximate surface area is 138 Å². The molecule has 0 saturated carbocycles. The monoisotopic (exact) mass is 317 g/mol. The Balaban J connectivity index is 1.49. The molecule has 0 bridgehead atoms. The van der Waals surface area contributed by atoms with Gasteiger partial charge in [0.1, 0.15) is 6.10 Å². The summed E-state index contributed by atoms with van der Waals surface area (Å²) in [5.41, 5.74) is 6.92. The first-order valence-corrected chi connectivity index (χ1v) is 8.59. The number of benzene rings is 1. The summed E-state index contributed by atoms with van der Waals surface area (Å²) in [7, 11) is 0. The highest BCUT2D eigenvalue weighted by atomic mass is 16.5. The van der Waals surface area contributed by atoms with Crippen LogP contribution in [0.25, 0.3) is 0 Å². The molecule has 0 aliphatic carbocycles. The number of hydrogen-bond donors (Lipinski definition) is 2. The molecular weight excluding hydrogens is 290 g/mol. The maximum atomic E-state index is 12.3. The van der Waals surface area contributed by atoms with Crippen molar-refractivity contribution in [2.75, 3.05) is 13.1 Å². The fourth-order valence-corrected chi connectivity index (χ4v) is 3.61. The molecule has 23 heavy (non-hydrogen) atoms. The maximum absolute atomic E-state index is 12.3. The molecule has 2 unspecified atom stereocenters. The van der Waals surface area contributed by atoms with Gasteiger partial charge in [0, 0.05) is 31.7 Å².